The first-order valence-corrected chi connectivity index (χ1v) is 5.80. The first kappa shape index (κ1) is 12.0. The van der Waals surface area contributed by atoms with E-state index in [1.807, 2.05) is 23.7 Å². The second-order valence-corrected chi connectivity index (χ2v) is 4.48. The van der Waals surface area contributed by atoms with Crippen LogP contribution in [0.3, 0.4) is 0 Å². The van der Waals surface area contributed by atoms with Crippen LogP contribution in [0.15, 0.2) is 24.8 Å². The summed E-state index contributed by atoms with van der Waals surface area (Å²) in [6, 6.07) is 0. The van der Waals surface area contributed by atoms with Crippen molar-refractivity contribution >= 4 is 5.65 Å². The molecule has 5 heteroatoms. The third-order valence-electron chi connectivity index (χ3n) is 3.22. The number of aliphatic hydroxyl groups is 1. The lowest BCUT2D eigenvalue weighted by Crippen LogP contribution is -2.44. The first-order valence-electron chi connectivity index (χ1n) is 5.80. The number of aliphatic hydroxyl groups excluding tert-OH is 1. The quantitative estimate of drug-likeness (QED) is 0.809. The highest BCUT2D eigenvalue weighted by Gasteiger charge is 2.20. The Morgan fingerprint density at radius 3 is 3.00 bits per heavy atom. The molecule has 0 aromatic carbocycles. The Hall–Kier alpha value is -1.46. The average molecular weight is 234 g/mol. The third kappa shape index (κ3) is 2.45. The molecule has 2 aromatic heterocycles. The maximum atomic E-state index is 9.33. The van der Waals surface area contributed by atoms with Gasteiger partial charge in [0.15, 0.2) is 5.65 Å². The van der Waals surface area contributed by atoms with E-state index in [1.165, 1.54) is 0 Å². The molecule has 0 aliphatic rings. The molecule has 17 heavy (non-hydrogen) atoms. The van der Waals surface area contributed by atoms with E-state index >= 15 is 0 Å². The van der Waals surface area contributed by atoms with E-state index in [9.17, 15) is 5.11 Å². The summed E-state index contributed by atoms with van der Waals surface area (Å²) in [5, 5.41) is 12.7. The van der Waals surface area contributed by atoms with Crippen molar-refractivity contribution in [3.05, 3.63) is 30.5 Å². The first-order chi connectivity index (χ1) is 8.18. The smallest absolute Gasteiger partial charge is 0.155 e. The van der Waals surface area contributed by atoms with Crippen LogP contribution >= 0.6 is 0 Å². The van der Waals surface area contributed by atoms with E-state index in [0.717, 1.165) is 17.8 Å². The van der Waals surface area contributed by atoms with Crippen molar-refractivity contribution in [1.82, 2.24) is 19.7 Å². The van der Waals surface area contributed by atoms with Crippen molar-refractivity contribution in [3.63, 3.8) is 0 Å². The van der Waals surface area contributed by atoms with E-state index < -0.39 is 0 Å². The summed E-state index contributed by atoms with van der Waals surface area (Å²) in [6.45, 7) is 4.87. The minimum absolute atomic E-state index is 0.127. The van der Waals surface area contributed by atoms with Gasteiger partial charge in [-0.3, -0.25) is 9.38 Å². The Balaban J connectivity index is 2.14. The summed E-state index contributed by atoms with van der Waals surface area (Å²) in [5.74, 6) is 0. The predicted octanol–water partition coefficient (Wildman–Crippen LogP) is 0.980. The molecule has 92 valence electrons. The molecule has 2 aromatic rings. The van der Waals surface area contributed by atoms with Crippen molar-refractivity contribution < 1.29 is 5.11 Å². The predicted molar refractivity (Wildman–Crippen MR) is 65.6 cm³/mol. The molecule has 0 spiro atoms. The summed E-state index contributed by atoms with van der Waals surface area (Å²) in [7, 11) is 0. The number of aromatic nitrogens is 3. The van der Waals surface area contributed by atoms with Gasteiger partial charge in [0.2, 0.25) is 0 Å². The monoisotopic (exact) mass is 234 g/mol. The fourth-order valence-electron chi connectivity index (χ4n) is 1.62. The van der Waals surface area contributed by atoms with Gasteiger partial charge in [-0.25, -0.2) is 4.98 Å². The van der Waals surface area contributed by atoms with Crippen molar-refractivity contribution in [2.24, 2.45) is 0 Å². The van der Waals surface area contributed by atoms with Gasteiger partial charge < -0.3 is 10.4 Å². The van der Waals surface area contributed by atoms with E-state index in [0.29, 0.717) is 6.54 Å². The standard InChI is InChI=1S/C12H18N4O/c1-3-12(2,9-17)15-7-10-6-14-11-8-13-4-5-16(10)11/h4-6,8,15,17H,3,7,9H2,1-2H3. The number of hydrogen-bond acceptors (Lipinski definition) is 4. The van der Waals surface area contributed by atoms with Gasteiger partial charge in [-0.15, -0.1) is 0 Å². The van der Waals surface area contributed by atoms with Crippen molar-refractivity contribution in [3.8, 4) is 0 Å². The van der Waals surface area contributed by atoms with E-state index in [4.69, 9.17) is 0 Å². The largest absolute Gasteiger partial charge is 0.394 e. The molecule has 0 bridgehead atoms. The Morgan fingerprint density at radius 1 is 1.47 bits per heavy atom. The summed E-state index contributed by atoms with van der Waals surface area (Å²) < 4.78 is 1.99. The molecule has 2 N–H and O–H groups in total. The fourth-order valence-corrected chi connectivity index (χ4v) is 1.62. The van der Waals surface area contributed by atoms with Gasteiger partial charge >= 0.3 is 0 Å². The Bertz CT molecular complexity index is 490. The van der Waals surface area contributed by atoms with Crippen molar-refractivity contribution in [2.75, 3.05) is 6.61 Å². The maximum absolute atomic E-state index is 9.33. The van der Waals surface area contributed by atoms with Gasteiger partial charge in [-0.2, -0.15) is 0 Å². The highest BCUT2D eigenvalue weighted by atomic mass is 16.3. The lowest BCUT2D eigenvalue weighted by molar-refractivity contribution is 0.168. The minimum Gasteiger partial charge on any atom is -0.394 e. The number of imidazole rings is 1. The molecule has 0 amide bonds. The molecule has 1 unspecified atom stereocenters. The van der Waals surface area contributed by atoms with Crippen LogP contribution in [0.1, 0.15) is 26.0 Å². The van der Waals surface area contributed by atoms with E-state index in [-0.39, 0.29) is 12.1 Å². The molecular weight excluding hydrogens is 216 g/mol. The van der Waals surface area contributed by atoms with E-state index in [2.05, 4.69) is 22.2 Å². The van der Waals surface area contributed by atoms with Gasteiger partial charge in [-0.1, -0.05) is 6.92 Å². The zero-order chi connectivity index (χ0) is 12.3. The van der Waals surface area contributed by atoms with Crippen molar-refractivity contribution in [1.29, 1.82) is 0 Å². The van der Waals surface area contributed by atoms with Crippen LogP contribution in [0, 0.1) is 0 Å². The van der Waals surface area contributed by atoms with Crippen LogP contribution in [0.25, 0.3) is 5.65 Å². The van der Waals surface area contributed by atoms with Crippen LogP contribution < -0.4 is 5.32 Å². The number of hydrogen-bond donors (Lipinski definition) is 2. The molecule has 2 rings (SSSR count). The summed E-state index contributed by atoms with van der Waals surface area (Å²) >= 11 is 0. The molecule has 2 heterocycles. The molecule has 5 nitrogen and oxygen atoms in total. The fraction of sp³-hybridized carbons (Fsp3) is 0.500. The maximum Gasteiger partial charge on any atom is 0.155 e. The molecule has 0 aliphatic heterocycles. The molecule has 0 saturated carbocycles. The molecule has 0 saturated heterocycles. The van der Waals surface area contributed by atoms with E-state index in [1.54, 1.807) is 12.4 Å². The zero-order valence-corrected chi connectivity index (χ0v) is 10.2. The molecule has 0 radical (unpaired) electrons. The number of nitrogens with one attached hydrogen (secondary N) is 1. The summed E-state index contributed by atoms with van der Waals surface area (Å²) in [4.78, 5) is 8.29. The van der Waals surface area contributed by atoms with Crippen LogP contribution in [0.5, 0.6) is 0 Å². The van der Waals surface area contributed by atoms with Gasteiger partial charge in [0.1, 0.15) is 0 Å². The second-order valence-electron chi connectivity index (χ2n) is 4.48. The highest BCUT2D eigenvalue weighted by molar-refractivity contribution is 5.36. The molecular formula is C12H18N4O. The van der Waals surface area contributed by atoms with Crippen LogP contribution in [0.4, 0.5) is 0 Å². The highest BCUT2D eigenvalue weighted by Crippen LogP contribution is 2.10. The van der Waals surface area contributed by atoms with Gasteiger partial charge in [0, 0.05) is 24.5 Å². The molecule has 0 aliphatic carbocycles. The van der Waals surface area contributed by atoms with Gasteiger partial charge in [-0.05, 0) is 13.3 Å². The number of rotatable bonds is 5. The van der Waals surface area contributed by atoms with Crippen LogP contribution in [-0.2, 0) is 6.54 Å². The Labute approximate surface area is 101 Å². The minimum atomic E-state index is -0.239. The molecule has 1 atom stereocenters. The van der Waals surface area contributed by atoms with Crippen molar-refractivity contribution in [2.45, 2.75) is 32.4 Å². The molecule has 0 fully saturated rings. The topological polar surface area (TPSA) is 62.5 Å². The third-order valence-corrected chi connectivity index (χ3v) is 3.22. The number of fused-ring (bicyclic) bond motifs is 1. The lowest BCUT2D eigenvalue weighted by atomic mass is 10.0. The summed E-state index contributed by atoms with van der Waals surface area (Å²) in [6.07, 6.45) is 8.07. The van der Waals surface area contributed by atoms with Gasteiger partial charge in [0.25, 0.3) is 0 Å². The number of nitrogens with zero attached hydrogens (tertiary/aromatic N) is 3. The summed E-state index contributed by atoms with van der Waals surface area (Å²) in [5.41, 5.74) is 1.67. The zero-order valence-electron chi connectivity index (χ0n) is 10.2. The van der Waals surface area contributed by atoms with Crippen LogP contribution in [0.2, 0.25) is 0 Å². The average Bonchev–Trinajstić information content (AvgIpc) is 2.79. The normalized spacial score (nSPS) is 15.0. The van der Waals surface area contributed by atoms with Gasteiger partial charge in [0.05, 0.1) is 24.7 Å². The lowest BCUT2D eigenvalue weighted by Gasteiger charge is -2.27. The SMILES string of the molecule is CCC(C)(CO)NCc1cnc2cnccn12. The second kappa shape index (κ2) is 4.81. The van der Waals surface area contributed by atoms with Crippen LogP contribution in [-0.4, -0.2) is 31.6 Å². The Kier molecular flexibility index (Phi) is 3.40. The Morgan fingerprint density at radius 2 is 2.29 bits per heavy atom.